The highest BCUT2D eigenvalue weighted by Gasteiger charge is 2.23. The minimum absolute atomic E-state index is 0.0472. The first-order valence-electron chi connectivity index (χ1n) is 5.56. The van der Waals surface area contributed by atoms with Gasteiger partial charge >= 0.3 is 5.97 Å². The van der Waals surface area contributed by atoms with E-state index < -0.39 is 45.5 Å². The average Bonchev–Trinajstić information content (AvgIpc) is 2.43. The van der Waals surface area contributed by atoms with Crippen molar-refractivity contribution in [2.75, 3.05) is 13.7 Å². The number of carbonyl (C=O) groups is 1. The van der Waals surface area contributed by atoms with Crippen molar-refractivity contribution < 1.29 is 36.9 Å². The average molecular weight is 325 g/mol. The molecule has 0 saturated heterocycles. The molecule has 1 rings (SSSR count). The largest absolute Gasteiger partial charge is 0.496 e. The summed E-state index contributed by atoms with van der Waals surface area (Å²) in [5, 5.41) is 17.8. The highest BCUT2D eigenvalue weighted by Crippen LogP contribution is 2.22. The maximum absolute atomic E-state index is 12.1. The van der Waals surface area contributed by atoms with Crippen molar-refractivity contribution in [2.45, 2.75) is 17.4 Å². The normalized spacial score (nSPS) is 13.2. The molecule has 21 heavy (non-hydrogen) atoms. The molecule has 1 unspecified atom stereocenters. The van der Waals surface area contributed by atoms with Gasteiger partial charge in [-0.1, -0.05) is 0 Å². The Morgan fingerprint density at radius 2 is 2.05 bits per heavy atom. The van der Waals surface area contributed by atoms with Gasteiger partial charge in [-0.25, -0.2) is 26.7 Å². The predicted octanol–water partition coefficient (Wildman–Crippen LogP) is 0.298. The van der Waals surface area contributed by atoms with Gasteiger partial charge in [0.1, 0.15) is 17.4 Å². The lowest BCUT2D eigenvalue weighted by Crippen LogP contribution is -2.35. The molecule has 0 aliphatic rings. The number of carboxylic acid groups (broad SMARTS) is 1. The lowest BCUT2D eigenvalue weighted by molar-refractivity contribution is -0.000451. The van der Waals surface area contributed by atoms with E-state index >= 15 is 0 Å². The Morgan fingerprint density at radius 3 is 2.52 bits per heavy atom. The van der Waals surface area contributed by atoms with Crippen molar-refractivity contribution in [3.05, 3.63) is 23.8 Å². The number of hydrogen-bond acceptors (Lipinski definition) is 5. The number of alkyl halides is 2. The van der Waals surface area contributed by atoms with Crippen LogP contribution in [0.25, 0.3) is 0 Å². The molecular weight excluding hydrogens is 312 g/mol. The number of benzene rings is 1. The SMILES string of the molecule is COc1ccc(S(=O)(=O)NCC(O)C(F)F)cc1C(=O)O. The summed E-state index contributed by atoms with van der Waals surface area (Å²) in [6.45, 7) is -0.894. The first kappa shape index (κ1) is 17.3. The number of carboxylic acids is 1. The lowest BCUT2D eigenvalue weighted by atomic mass is 10.2. The summed E-state index contributed by atoms with van der Waals surface area (Å²) >= 11 is 0. The number of hydrogen-bond donors (Lipinski definition) is 3. The van der Waals surface area contributed by atoms with E-state index in [-0.39, 0.29) is 5.75 Å². The van der Waals surface area contributed by atoms with Crippen molar-refractivity contribution in [1.29, 1.82) is 0 Å². The molecule has 0 amide bonds. The number of ether oxygens (including phenoxy) is 1. The fraction of sp³-hybridized carbons (Fsp3) is 0.364. The molecule has 0 aliphatic heterocycles. The van der Waals surface area contributed by atoms with Gasteiger partial charge in [-0.2, -0.15) is 0 Å². The first-order chi connectivity index (χ1) is 9.69. The quantitative estimate of drug-likeness (QED) is 0.664. The fourth-order valence-corrected chi connectivity index (χ4v) is 2.47. The number of aliphatic hydroxyl groups excluding tert-OH is 1. The van der Waals surface area contributed by atoms with Crippen LogP contribution in [0.2, 0.25) is 0 Å². The molecule has 118 valence electrons. The van der Waals surface area contributed by atoms with E-state index in [2.05, 4.69) is 0 Å². The van der Waals surface area contributed by atoms with Crippen molar-refractivity contribution in [3.63, 3.8) is 0 Å². The zero-order valence-electron chi connectivity index (χ0n) is 10.8. The molecule has 0 spiro atoms. The van der Waals surface area contributed by atoms with Gasteiger partial charge in [0, 0.05) is 6.54 Å². The molecule has 0 radical (unpaired) electrons. The van der Waals surface area contributed by atoms with Gasteiger partial charge in [0.15, 0.2) is 0 Å². The lowest BCUT2D eigenvalue weighted by Gasteiger charge is -2.12. The van der Waals surface area contributed by atoms with E-state index in [1.54, 1.807) is 4.72 Å². The molecule has 0 aromatic heterocycles. The molecule has 1 aromatic rings. The van der Waals surface area contributed by atoms with Crippen molar-refractivity contribution in [2.24, 2.45) is 0 Å². The minimum atomic E-state index is -4.23. The van der Waals surface area contributed by atoms with Crippen LogP contribution in [0.15, 0.2) is 23.1 Å². The second-order valence-electron chi connectivity index (χ2n) is 3.92. The molecule has 1 aromatic carbocycles. The number of rotatable bonds is 7. The van der Waals surface area contributed by atoms with E-state index in [1.165, 1.54) is 7.11 Å². The van der Waals surface area contributed by atoms with Crippen LogP contribution in [0, 0.1) is 0 Å². The number of methoxy groups -OCH3 is 1. The third-order valence-corrected chi connectivity index (χ3v) is 3.91. The Balaban J connectivity index is 3.04. The topological polar surface area (TPSA) is 113 Å². The first-order valence-corrected chi connectivity index (χ1v) is 7.04. The van der Waals surface area contributed by atoms with Crippen LogP contribution in [0.1, 0.15) is 10.4 Å². The maximum atomic E-state index is 12.1. The van der Waals surface area contributed by atoms with Gasteiger partial charge in [0.2, 0.25) is 10.0 Å². The Bertz CT molecular complexity index is 619. The van der Waals surface area contributed by atoms with Crippen LogP contribution >= 0.6 is 0 Å². The number of halogens is 2. The van der Waals surface area contributed by atoms with Crippen LogP contribution in [0.4, 0.5) is 8.78 Å². The van der Waals surface area contributed by atoms with Crippen LogP contribution in [-0.2, 0) is 10.0 Å². The summed E-state index contributed by atoms with van der Waals surface area (Å²) in [5.41, 5.74) is -0.394. The predicted molar refractivity (Wildman–Crippen MR) is 67.2 cm³/mol. The minimum Gasteiger partial charge on any atom is -0.496 e. The molecule has 3 N–H and O–H groups in total. The van der Waals surface area contributed by atoms with Gasteiger partial charge in [-0.3, -0.25) is 0 Å². The Morgan fingerprint density at radius 1 is 1.43 bits per heavy atom. The Hall–Kier alpha value is -1.78. The van der Waals surface area contributed by atoms with Crippen molar-refractivity contribution in [3.8, 4) is 5.75 Å². The highest BCUT2D eigenvalue weighted by molar-refractivity contribution is 7.89. The monoisotopic (exact) mass is 325 g/mol. The van der Waals surface area contributed by atoms with E-state index in [1.807, 2.05) is 0 Å². The standard InChI is InChI=1S/C11H13F2NO6S/c1-20-9-3-2-6(4-7(9)11(16)17)21(18,19)14-5-8(15)10(12)13/h2-4,8,10,14-15H,5H2,1H3,(H,16,17). The summed E-state index contributed by atoms with van der Waals surface area (Å²) < 4.78 is 54.4. The maximum Gasteiger partial charge on any atom is 0.339 e. The van der Waals surface area contributed by atoms with Gasteiger partial charge in [0.25, 0.3) is 6.43 Å². The van der Waals surface area contributed by atoms with Crippen molar-refractivity contribution in [1.82, 2.24) is 4.72 Å². The smallest absolute Gasteiger partial charge is 0.339 e. The number of nitrogens with one attached hydrogen (secondary N) is 1. The number of sulfonamides is 1. The molecule has 0 fully saturated rings. The molecule has 0 bridgehead atoms. The summed E-state index contributed by atoms with van der Waals surface area (Å²) in [6, 6.07) is 3.02. The van der Waals surface area contributed by atoms with Gasteiger partial charge < -0.3 is 14.9 Å². The van der Waals surface area contributed by atoms with E-state index in [0.29, 0.717) is 0 Å². The number of aromatic carboxylic acids is 1. The Kier molecular flexibility index (Phi) is 5.58. The fourth-order valence-electron chi connectivity index (χ4n) is 1.39. The van der Waals surface area contributed by atoms with Gasteiger partial charge in [-0.15, -0.1) is 0 Å². The zero-order valence-corrected chi connectivity index (χ0v) is 11.6. The number of aliphatic hydroxyl groups is 1. The second-order valence-corrected chi connectivity index (χ2v) is 5.69. The molecule has 10 heteroatoms. The van der Waals surface area contributed by atoms with E-state index in [4.69, 9.17) is 14.9 Å². The zero-order chi connectivity index (χ0) is 16.2. The summed E-state index contributed by atoms with van der Waals surface area (Å²) in [4.78, 5) is 10.5. The van der Waals surface area contributed by atoms with Crippen molar-refractivity contribution >= 4 is 16.0 Å². The molecule has 0 saturated carbocycles. The van der Waals surface area contributed by atoms with E-state index in [9.17, 15) is 22.0 Å². The van der Waals surface area contributed by atoms with Crippen LogP contribution in [0.5, 0.6) is 5.75 Å². The summed E-state index contributed by atoms with van der Waals surface area (Å²) in [6.07, 6.45) is -5.25. The van der Waals surface area contributed by atoms with Crippen LogP contribution in [0.3, 0.4) is 0 Å². The van der Waals surface area contributed by atoms with Gasteiger partial charge in [-0.05, 0) is 18.2 Å². The summed E-state index contributed by atoms with van der Waals surface area (Å²) in [7, 11) is -3.02. The Labute approximate surface area is 119 Å². The molecule has 0 heterocycles. The molecule has 0 aliphatic carbocycles. The van der Waals surface area contributed by atoms with Gasteiger partial charge in [0.05, 0.1) is 12.0 Å². The molecule has 1 atom stereocenters. The van der Waals surface area contributed by atoms with Crippen LogP contribution < -0.4 is 9.46 Å². The summed E-state index contributed by atoms with van der Waals surface area (Å²) in [5.74, 6) is -1.45. The third-order valence-electron chi connectivity index (χ3n) is 2.49. The molecular formula is C11H13F2NO6S. The van der Waals surface area contributed by atoms with Crippen LogP contribution in [-0.4, -0.2) is 50.8 Å². The molecule has 7 nitrogen and oxygen atoms in total. The third kappa shape index (κ3) is 4.34. The van der Waals surface area contributed by atoms with E-state index in [0.717, 1.165) is 18.2 Å². The second kappa shape index (κ2) is 6.78. The highest BCUT2D eigenvalue weighted by atomic mass is 32.2.